The molecule has 1 N–H and O–H groups in total. The first kappa shape index (κ1) is 12.6. The average Bonchev–Trinajstić information content (AvgIpc) is 2.38. The van der Waals surface area contributed by atoms with Gasteiger partial charge in [0, 0.05) is 30.9 Å². The molecular weight excluding hydrogens is 235 g/mol. The molecule has 0 fully saturated rings. The summed E-state index contributed by atoms with van der Waals surface area (Å²) >= 11 is 5.81. The second-order valence-electron chi connectivity index (χ2n) is 3.39. The zero-order valence-corrected chi connectivity index (χ0v) is 10.1. The van der Waals surface area contributed by atoms with Gasteiger partial charge in [-0.2, -0.15) is 0 Å². The molecule has 2 rings (SSSR count). The lowest BCUT2D eigenvalue weighted by atomic mass is 10.2. The van der Waals surface area contributed by atoms with E-state index in [9.17, 15) is 0 Å². The first-order valence-corrected chi connectivity index (χ1v) is 5.19. The third-order valence-electron chi connectivity index (χ3n) is 2.35. The third kappa shape index (κ3) is 2.97. The molecule has 0 radical (unpaired) electrons. The van der Waals surface area contributed by atoms with E-state index in [0.29, 0.717) is 5.15 Å². The zero-order chi connectivity index (χ0) is 9.97. The van der Waals surface area contributed by atoms with Crippen molar-refractivity contribution in [3.8, 4) is 5.75 Å². The van der Waals surface area contributed by atoms with E-state index in [1.165, 1.54) is 0 Å². The van der Waals surface area contributed by atoms with Gasteiger partial charge in [0.2, 0.25) is 0 Å². The lowest BCUT2D eigenvalue weighted by Crippen LogP contribution is -2.27. The van der Waals surface area contributed by atoms with Gasteiger partial charge in [-0.25, -0.2) is 4.98 Å². The Kier molecular flexibility index (Phi) is 4.64. The summed E-state index contributed by atoms with van der Waals surface area (Å²) in [7, 11) is 0. The zero-order valence-electron chi connectivity index (χ0n) is 8.50. The lowest BCUT2D eigenvalue weighted by Gasteiger charge is -2.14. The first-order chi connectivity index (χ1) is 6.79. The molecule has 0 saturated heterocycles. The highest BCUT2D eigenvalue weighted by Crippen LogP contribution is 2.24. The van der Waals surface area contributed by atoms with Gasteiger partial charge in [-0.05, 0) is 6.42 Å². The molecule has 0 amide bonds. The van der Waals surface area contributed by atoms with E-state index >= 15 is 0 Å². The predicted octanol–water partition coefficient (Wildman–Crippen LogP) is 2.42. The van der Waals surface area contributed by atoms with Crippen LogP contribution >= 0.6 is 24.0 Å². The summed E-state index contributed by atoms with van der Waals surface area (Å²) in [4.78, 5) is 4.03. The normalized spacial score (nSPS) is 19.5. The van der Waals surface area contributed by atoms with Crippen LogP contribution in [-0.4, -0.2) is 17.6 Å². The summed E-state index contributed by atoms with van der Waals surface area (Å²) in [6.45, 7) is 3.79. The quantitative estimate of drug-likeness (QED) is 0.776. The standard InChI is InChI=1S/C10H13ClN2O.ClH/c1-2-8-6-12-4-7-5-13-10(11)3-9(7)14-8;/h3,5,8,12H,2,4,6H2,1H3;1H. The van der Waals surface area contributed by atoms with E-state index in [2.05, 4.69) is 17.2 Å². The minimum absolute atomic E-state index is 0. The molecule has 0 aromatic carbocycles. The molecule has 1 aromatic rings. The fraction of sp³-hybridized carbons (Fsp3) is 0.500. The lowest BCUT2D eigenvalue weighted by molar-refractivity contribution is 0.202. The van der Waals surface area contributed by atoms with Crippen molar-refractivity contribution in [2.24, 2.45) is 0 Å². The number of fused-ring (bicyclic) bond motifs is 1. The van der Waals surface area contributed by atoms with Crippen LogP contribution in [0.1, 0.15) is 18.9 Å². The van der Waals surface area contributed by atoms with Crippen LogP contribution in [0.5, 0.6) is 5.75 Å². The molecule has 1 aliphatic rings. The van der Waals surface area contributed by atoms with Crippen molar-refractivity contribution in [3.63, 3.8) is 0 Å². The fourth-order valence-corrected chi connectivity index (χ4v) is 1.65. The van der Waals surface area contributed by atoms with Crippen LogP contribution in [0, 0.1) is 0 Å². The summed E-state index contributed by atoms with van der Waals surface area (Å²) in [6.07, 6.45) is 2.99. The van der Waals surface area contributed by atoms with Crippen LogP contribution in [0.15, 0.2) is 12.3 Å². The number of nitrogens with zero attached hydrogens (tertiary/aromatic N) is 1. The Morgan fingerprint density at radius 2 is 2.47 bits per heavy atom. The molecule has 0 aliphatic carbocycles. The van der Waals surface area contributed by atoms with Gasteiger partial charge in [0.15, 0.2) is 0 Å². The minimum atomic E-state index is 0. The molecule has 1 atom stereocenters. The molecule has 3 nitrogen and oxygen atoms in total. The first-order valence-electron chi connectivity index (χ1n) is 4.81. The van der Waals surface area contributed by atoms with E-state index < -0.39 is 0 Å². The number of nitrogens with one attached hydrogen (secondary N) is 1. The molecule has 15 heavy (non-hydrogen) atoms. The van der Waals surface area contributed by atoms with Crippen LogP contribution < -0.4 is 10.1 Å². The van der Waals surface area contributed by atoms with Crippen molar-refractivity contribution in [3.05, 3.63) is 23.0 Å². The van der Waals surface area contributed by atoms with E-state index in [-0.39, 0.29) is 18.5 Å². The number of aromatic nitrogens is 1. The predicted molar refractivity (Wildman–Crippen MR) is 62.9 cm³/mol. The second kappa shape index (κ2) is 5.54. The molecule has 1 aromatic heterocycles. The summed E-state index contributed by atoms with van der Waals surface area (Å²) in [5.74, 6) is 0.863. The van der Waals surface area contributed by atoms with Gasteiger partial charge in [-0.15, -0.1) is 12.4 Å². The molecule has 1 unspecified atom stereocenters. The van der Waals surface area contributed by atoms with Gasteiger partial charge in [-0.1, -0.05) is 18.5 Å². The van der Waals surface area contributed by atoms with E-state index in [1.54, 1.807) is 12.3 Å². The van der Waals surface area contributed by atoms with Crippen LogP contribution in [-0.2, 0) is 6.54 Å². The monoisotopic (exact) mass is 248 g/mol. The summed E-state index contributed by atoms with van der Waals surface area (Å²) in [6, 6.07) is 1.78. The van der Waals surface area contributed by atoms with Gasteiger partial charge < -0.3 is 10.1 Å². The SMILES string of the molecule is CCC1CNCc2cnc(Cl)cc2O1.Cl. The van der Waals surface area contributed by atoms with Crippen molar-refractivity contribution in [1.29, 1.82) is 0 Å². The number of ether oxygens (including phenoxy) is 1. The Labute approximate surface area is 101 Å². The third-order valence-corrected chi connectivity index (χ3v) is 2.55. The summed E-state index contributed by atoms with van der Waals surface area (Å²) in [5.41, 5.74) is 1.07. The van der Waals surface area contributed by atoms with E-state index in [1.807, 2.05) is 0 Å². The maximum Gasteiger partial charge on any atom is 0.132 e. The smallest absolute Gasteiger partial charge is 0.132 e. The highest BCUT2D eigenvalue weighted by atomic mass is 35.5. The highest BCUT2D eigenvalue weighted by molar-refractivity contribution is 6.29. The minimum Gasteiger partial charge on any atom is -0.489 e. The van der Waals surface area contributed by atoms with Gasteiger partial charge in [0.25, 0.3) is 0 Å². The molecule has 0 spiro atoms. The number of hydrogen-bond acceptors (Lipinski definition) is 3. The Morgan fingerprint density at radius 3 is 3.20 bits per heavy atom. The van der Waals surface area contributed by atoms with Crippen LogP contribution in [0.2, 0.25) is 5.15 Å². The average molecular weight is 249 g/mol. The topological polar surface area (TPSA) is 34.2 Å². The number of hydrogen-bond donors (Lipinski definition) is 1. The Balaban J connectivity index is 0.00000112. The Hall–Kier alpha value is -0.510. The molecule has 84 valence electrons. The van der Waals surface area contributed by atoms with Crippen molar-refractivity contribution in [2.45, 2.75) is 26.0 Å². The summed E-state index contributed by atoms with van der Waals surface area (Å²) in [5, 5.41) is 3.80. The molecule has 2 heterocycles. The maximum absolute atomic E-state index is 5.81. The van der Waals surface area contributed by atoms with Crippen molar-refractivity contribution in [2.75, 3.05) is 6.54 Å². The largest absolute Gasteiger partial charge is 0.489 e. The second-order valence-corrected chi connectivity index (χ2v) is 3.78. The van der Waals surface area contributed by atoms with Crippen LogP contribution in [0.3, 0.4) is 0 Å². The van der Waals surface area contributed by atoms with Gasteiger partial charge >= 0.3 is 0 Å². The highest BCUT2D eigenvalue weighted by Gasteiger charge is 2.16. The Bertz CT molecular complexity index is 333. The van der Waals surface area contributed by atoms with E-state index in [0.717, 1.165) is 30.8 Å². The van der Waals surface area contributed by atoms with E-state index in [4.69, 9.17) is 16.3 Å². The maximum atomic E-state index is 5.81. The molecule has 0 bridgehead atoms. The van der Waals surface area contributed by atoms with Gasteiger partial charge in [0.1, 0.15) is 17.0 Å². The number of pyridine rings is 1. The van der Waals surface area contributed by atoms with Gasteiger partial charge in [-0.3, -0.25) is 0 Å². The fourth-order valence-electron chi connectivity index (χ4n) is 1.50. The van der Waals surface area contributed by atoms with Crippen LogP contribution in [0.4, 0.5) is 0 Å². The van der Waals surface area contributed by atoms with Crippen molar-refractivity contribution in [1.82, 2.24) is 10.3 Å². The molecule has 5 heteroatoms. The number of halogens is 2. The molecule has 1 aliphatic heterocycles. The van der Waals surface area contributed by atoms with Crippen molar-refractivity contribution >= 4 is 24.0 Å². The summed E-state index contributed by atoms with van der Waals surface area (Å²) < 4.78 is 5.80. The van der Waals surface area contributed by atoms with Crippen LogP contribution in [0.25, 0.3) is 0 Å². The molecule has 0 saturated carbocycles. The molecular formula is C10H14Cl2N2O. The van der Waals surface area contributed by atoms with Crippen molar-refractivity contribution < 1.29 is 4.74 Å². The van der Waals surface area contributed by atoms with Gasteiger partial charge in [0.05, 0.1) is 0 Å². The number of rotatable bonds is 1. The Morgan fingerprint density at radius 1 is 1.67 bits per heavy atom.